The predicted octanol–water partition coefficient (Wildman–Crippen LogP) is 3.37. The van der Waals surface area contributed by atoms with Gasteiger partial charge in [-0.2, -0.15) is 13.2 Å². The van der Waals surface area contributed by atoms with E-state index in [9.17, 15) is 18.0 Å². The molecule has 0 heterocycles. The summed E-state index contributed by atoms with van der Waals surface area (Å²) in [6.07, 6.45) is -1.60. The van der Waals surface area contributed by atoms with Crippen LogP contribution in [0.5, 0.6) is 0 Å². The van der Waals surface area contributed by atoms with E-state index in [4.69, 9.17) is 0 Å². The van der Waals surface area contributed by atoms with E-state index < -0.39 is 11.7 Å². The van der Waals surface area contributed by atoms with Gasteiger partial charge in [-0.05, 0) is 31.4 Å². The second kappa shape index (κ2) is 5.34. The number of hydrogen-bond acceptors (Lipinski definition) is 2. The summed E-state index contributed by atoms with van der Waals surface area (Å²) in [5.74, 6) is -0.370. The summed E-state index contributed by atoms with van der Waals surface area (Å²) in [7, 11) is 3.04. The molecule has 0 saturated heterocycles. The van der Waals surface area contributed by atoms with Crippen molar-refractivity contribution in [2.45, 2.75) is 31.5 Å². The van der Waals surface area contributed by atoms with Crippen LogP contribution in [0.4, 0.5) is 18.9 Å². The number of halogens is 3. The van der Waals surface area contributed by atoms with E-state index in [1.54, 1.807) is 11.9 Å². The predicted molar refractivity (Wildman–Crippen MR) is 70.7 cm³/mol. The number of benzene rings is 1. The van der Waals surface area contributed by atoms with E-state index in [0.29, 0.717) is 0 Å². The highest BCUT2D eigenvalue weighted by atomic mass is 19.4. The SMILES string of the molecule is CNc1c(C(=O)N(C)C2CCC2)cccc1C(F)(F)F. The number of carbonyl (C=O) groups excluding carboxylic acids is 1. The second-order valence-corrected chi connectivity index (χ2v) is 4.98. The molecule has 1 aromatic carbocycles. The minimum absolute atomic E-state index is 0.0664. The lowest BCUT2D eigenvalue weighted by atomic mass is 9.91. The molecule has 6 heteroatoms. The number of carbonyl (C=O) groups is 1. The number of amides is 1. The fourth-order valence-corrected chi connectivity index (χ4v) is 2.37. The lowest BCUT2D eigenvalue weighted by molar-refractivity contribution is -0.136. The van der Waals surface area contributed by atoms with E-state index in [0.717, 1.165) is 25.3 Å². The van der Waals surface area contributed by atoms with Gasteiger partial charge in [0.1, 0.15) is 0 Å². The number of nitrogens with zero attached hydrogens (tertiary/aromatic N) is 1. The van der Waals surface area contributed by atoms with Crippen LogP contribution in [-0.4, -0.2) is 30.9 Å². The van der Waals surface area contributed by atoms with Gasteiger partial charge in [0.15, 0.2) is 0 Å². The topological polar surface area (TPSA) is 32.3 Å². The first-order valence-corrected chi connectivity index (χ1v) is 6.51. The van der Waals surface area contributed by atoms with Gasteiger partial charge in [0.2, 0.25) is 0 Å². The molecule has 1 aliphatic rings. The van der Waals surface area contributed by atoms with Crippen LogP contribution in [0.2, 0.25) is 0 Å². The molecule has 20 heavy (non-hydrogen) atoms. The molecular weight excluding hydrogens is 269 g/mol. The summed E-state index contributed by atoms with van der Waals surface area (Å²) < 4.78 is 38.9. The first-order chi connectivity index (χ1) is 9.36. The van der Waals surface area contributed by atoms with E-state index >= 15 is 0 Å². The van der Waals surface area contributed by atoms with Gasteiger partial charge in [-0.1, -0.05) is 6.07 Å². The van der Waals surface area contributed by atoms with Crippen LogP contribution in [0, 0.1) is 0 Å². The average molecular weight is 286 g/mol. The molecule has 0 aliphatic heterocycles. The fourth-order valence-electron chi connectivity index (χ4n) is 2.37. The van der Waals surface area contributed by atoms with E-state index in [1.165, 1.54) is 19.2 Å². The van der Waals surface area contributed by atoms with Crippen molar-refractivity contribution in [2.75, 3.05) is 19.4 Å². The van der Waals surface area contributed by atoms with Crippen molar-refractivity contribution >= 4 is 11.6 Å². The van der Waals surface area contributed by atoms with Crippen LogP contribution in [0.15, 0.2) is 18.2 Å². The lowest BCUT2D eigenvalue weighted by Crippen LogP contribution is -2.41. The van der Waals surface area contributed by atoms with E-state index in [1.807, 2.05) is 0 Å². The molecule has 110 valence electrons. The van der Waals surface area contributed by atoms with Gasteiger partial charge in [0.05, 0.1) is 16.8 Å². The maximum absolute atomic E-state index is 13.0. The Kier molecular flexibility index (Phi) is 3.92. The molecule has 3 nitrogen and oxygen atoms in total. The van der Waals surface area contributed by atoms with Crippen molar-refractivity contribution in [1.29, 1.82) is 0 Å². The van der Waals surface area contributed by atoms with E-state index in [2.05, 4.69) is 5.32 Å². The number of nitrogens with one attached hydrogen (secondary N) is 1. The molecule has 0 unspecified atom stereocenters. The number of para-hydroxylation sites is 1. The monoisotopic (exact) mass is 286 g/mol. The minimum atomic E-state index is -4.48. The third-order valence-corrected chi connectivity index (χ3v) is 3.79. The fraction of sp³-hybridized carbons (Fsp3) is 0.500. The van der Waals surface area contributed by atoms with Crippen molar-refractivity contribution in [3.05, 3.63) is 29.3 Å². The smallest absolute Gasteiger partial charge is 0.387 e. The number of rotatable bonds is 3. The molecular formula is C14H17F3N2O. The molecule has 1 amide bonds. The summed E-state index contributed by atoms with van der Waals surface area (Å²) in [5, 5.41) is 2.51. The van der Waals surface area contributed by atoms with Gasteiger partial charge in [-0.15, -0.1) is 0 Å². The van der Waals surface area contributed by atoms with Crippen molar-refractivity contribution in [1.82, 2.24) is 4.90 Å². The summed E-state index contributed by atoms with van der Waals surface area (Å²) in [6, 6.07) is 3.82. The third kappa shape index (κ3) is 2.59. The molecule has 1 fully saturated rings. The summed E-state index contributed by atoms with van der Waals surface area (Å²) in [4.78, 5) is 13.9. The molecule has 2 rings (SSSR count). The van der Waals surface area contributed by atoms with Gasteiger partial charge in [0.25, 0.3) is 5.91 Å². The molecule has 0 aromatic heterocycles. The molecule has 1 aliphatic carbocycles. The van der Waals surface area contributed by atoms with Crippen LogP contribution in [-0.2, 0) is 6.18 Å². The second-order valence-electron chi connectivity index (χ2n) is 4.98. The van der Waals surface area contributed by atoms with Gasteiger partial charge in [0, 0.05) is 20.1 Å². The Hall–Kier alpha value is -1.72. The Labute approximate surface area is 115 Å². The van der Waals surface area contributed by atoms with Crippen molar-refractivity contribution in [3.63, 3.8) is 0 Å². The van der Waals surface area contributed by atoms with Crippen LogP contribution in [0.1, 0.15) is 35.2 Å². The van der Waals surface area contributed by atoms with E-state index in [-0.39, 0.29) is 23.2 Å². The summed E-state index contributed by atoms with van der Waals surface area (Å²) >= 11 is 0. The highest BCUT2D eigenvalue weighted by molar-refractivity contribution is 6.00. The Morgan fingerprint density at radius 2 is 2.00 bits per heavy atom. The molecule has 0 spiro atoms. The molecule has 1 N–H and O–H groups in total. The van der Waals surface area contributed by atoms with Crippen LogP contribution >= 0.6 is 0 Å². The number of hydrogen-bond donors (Lipinski definition) is 1. The van der Waals surface area contributed by atoms with Crippen molar-refractivity contribution in [3.8, 4) is 0 Å². The largest absolute Gasteiger partial charge is 0.418 e. The minimum Gasteiger partial charge on any atom is -0.387 e. The molecule has 0 bridgehead atoms. The highest BCUT2D eigenvalue weighted by Gasteiger charge is 2.36. The first kappa shape index (κ1) is 14.7. The van der Waals surface area contributed by atoms with Gasteiger partial charge in [-0.3, -0.25) is 4.79 Å². The summed E-state index contributed by atoms with van der Waals surface area (Å²) in [5.41, 5.74) is -0.902. The average Bonchev–Trinajstić information content (AvgIpc) is 2.33. The normalized spacial score (nSPS) is 15.7. The molecule has 0 radical (unpaired) electrons. The Morgan fingerprint density at radius 3 is 2.45 bits per heavy atom. The Morgan fingerprint density at radius 1 is 1.35 bits per heavy atom. The van der Waals surface area contributed by atoms with Crippen molar-refractivity contribution < 1.29 is 18.0 Å². The maximum Gasteiger partial charge on any atom is 0.418 e. The standard InChI is InChI=1S/C14H17F3N2O/c1-18-12-10(7-4-8-11(12)14(15,16)17)13(20)19(2)9-5-3-6-9/h4,7-9,18H,3,5-6H2,1-2H3. The van der Waals surface area contributed by atoms with Gasteiger partial charge < -0.3 is 10.2 Å². The van der Waals surface area contributed by atoms with Crippen molar-refractivity contribution in [2.24, 2.45) is 0 Å². The third-order valence-electron chi connectivity index (χ3n) is 3.79. The molecule has 1 saturated carbocycles. The number of alkyl halides is 3. The van der Waals surface area contributed by atoms with Crippen LogP contribution < -0.4 is 5.32 Å². The Balaban J connectivity index is 2.38. The molecule has 1 aromatic rings. The zero-order valence-corrected chi connectivity index (χ0v) is 11.4. The number of anilines is 1. The van der Waals surface area contributed by atoms with Crippen LogP contribution in [0.3, 0.4) is 0 Å². The van der Waals surface area contributed by atoms with Crippen LogP contribution in [0.25, 0.3) is 0 Å². The maximum atomic E-state index is 13.0. The van der Waals surface area contributed by atoms with Gasteiger partial charge >= 0.3 is 6.18 Å². The quantitative estimate of drug-likeness (QED) is 0.924. The molecule has 0 atom stereocenters. The van der Waals surface area contributed by atoms with Gasteiger partial charge in [-0.25, -0.2) is 0 Å². The zero-order chi connectivity index (χ0) is 14.9. The first-order valence-electron chi connectivity index (χ1n) is 6.51. The highest BCUT2D eigenvalue weighted by Crippen LogP contribution is 2.37. The Bertz CT molecular complexity index is 510. The lowest BCUT2D eigenvalue weighted by Gasteiger charge is -2.35. The zero-order valence-electron chi connectivity index (χ0n) is 11.4. The summed E-state index contributed by atoms with van der Waals surface area (Å²) in [6.45, 7) is 0.